The summed E-state index contributed by atoms with van der Waals surface area (Å²) in [5.74, 6) is 0. The summed E-state index contributed by atoms with van der Waals surface area (Å²) in [6, 6.07) is 12.8. The molecule has 108 valence electrons. The Morgan fingerprint density at radius 3 is 2.50 bits per heavy atom. The summed E-state index contributed by atoms with van der Waals surface area (Å²) in [5.41, 5.74) is 2.48. The molecule has 0 aromatic heterocycles. The molecule has 2 aromatic carbocycles. The maximum atomic E-state index is 10.4. The molecule has 0 aliphatic rings. The van der Waals surface area contributed by atoms with E-state index in [0.717, 1.165) is 18.4 Å². The molecule has 0 bridgehead atoms. The van der Waals surface area contributed by atoms with Crippen LogP contribution in [0.4, 0.5) is 0 Å². The standard InChI is InChI=1S/C19H26O/c1-3-5-6-7-11-16-14-13-15-10-8-9-12-17(15)19(16)18(20)4-2/h8-10,12-14,18,20H,3-7,11H2,1-2H3. The van der Waals surface area contributed by atoms with Crippen molar-refractivity contribution in [2.45, 2.75) is 58.5 Å². The smallest absolute Gasteiger partial charge is 0.0796 e. The van der Waals surface area contributed by atoms with Crippen LogP contribution in [0.2, 0.25) is 0 Å². The van der Waals surface area contributed by atoms with Crippen molar-refractivity contribution in [2.24, 2.45) is 0 Å². The summed E-state index contributed by atoms with van der Waals surface area (Å²) < 4.78 is 0. The lowest BCUT2D eigenvalue weighted by molar-refractivity contribution is 0.174. The largest absolute Gasteiger partial charge is 0.388 e. The van der Waals surface area contributed by atoms with E-state index < -0.39 is 0 Å². The number of hydrogen-bond acceptors (Lipinski definition) is 1. The minimum Gasteiger partial charge on any atom is -0.388 e. The Labute approximate surface area is 122 Å². The van der Waals surface area contributed by atoms with Gasteiger partial charge in [-0.15, -0.1) is 0 Å². The Morgan fingerprint density at radius 2 is 1.75 bits per heavy atom. The van der Waals surface area contributed by atoms with Crippen LogP contribution in [0.3, 0.4) is 0 Å². The molecule has 0 spiro atoms. The van der Waals surface area contributed by atoms with Crippen molar-refractivity contribution < 1.29 is 5.11 Å². The van der Waals surface area contributed by atoms with Gasteiger partial charge in [-0.3, -0.25) is 0 Å². The van der Waals surface area contributed by atoms with E-state index in [9.17, 15) is 5.11 Å². The summed E-state index contributed by atoms with van der Waals surface area (Å²) in [6.45, 7) is 4.29. The number of rotatable bonds is 7. The number of unbranched alkanes of at least 4 members (excludes halogenated alkanes) is 3. The van der Waals surface area contributed by atoms with Crippen LogP contribution in [-0.4, -0.2) is 5.11 Å². The number of aliphatic hydroxyl groups excluding tert-OH is 1. The summed E-state index contributed by atoms with van der Waals surface area (Å²) in [7, 11) is 0. The first-order valence-corrected chi connectivity index (χ1v) is 7.96. The van der Waals surface area contributed by atoms with Crippen LogP contribution in [0.1, 0.15) is 63.2 Å². The van der Waals surface area contributed by atoms with Gasteiger partial charge < -0.3 is 5.11 Å². The molecule has 1 nitrogen and oxygen atoms in total. The monoisotopic (exact) mass is 270 g/mol. The molecule has 2 rings (SSSR count). The van der Waals surface area contributed by atoms with Crippen LogP contribution >= 0.6 is 0 Å². The predicted octanol–water partition coefficient (Wildman–Crippen LogP) is 5.41. The maximum absolute atomic E-state index is 10.4. The van der Waals surface area contributed by atoms with E-state index in [4.69, 9.17) is 0 Å². The van der Waals surface area contributed by atoms with E-state index in [1.165, 1.54) is 42.0 Å². The second kappa shape index (κ2) is 7.44. The number of benzene rings is 2. The topological polar surface area (TPSA) is 20.2 Å². The Balaban J connectivity index is 2.32. The maximum Gasteiger partial charge on any atom is 0.0796 e. The van der Waals surface area contributed by atoms with E-state index in [1.54, 1.807) is 0 Å². The lowest BCUT2D eigenvalue weighted by atomic mass is 9.91. The van der Waals surface area contributed by atoms with Crippen molar-refractivity contribution in [2.75, 3.05) is 0 Å². The van der Waals surface area contributed by atoms with Gasteiger partial charge in [-0.25, -0.2) is 0 Å². The Morgan fingerprint density at radius 1 is 0.950 bits per heavy atom. The normalized spacial score (nSPS) is 12.8. The van der Waals surface area contributed by atoms with Gasteiger partial charge in [0.2, 0.25) is 0 Å². The third-order valence-electron chi connectivity index (χ3n) is 4.08. The first kappa shape index (κ1) is 15.1. The van der Waals surface area contributed by atoms with Gasteiger partial charge in [0, 0.05) is 0 Å². The number of aliphatic hydroxyl groups is 1. The van der Waals surface area contributed by atoms with Gasteiger partial charge >= 0.3 is 0 Å². The fourth-order valence-electron chi connectivity index (χ4n) is 2.90. The van der Waals surface area contributed by atoms with Crippen LogP contribution in [0.5, 0.6) is 0 Å². The van der Waals surface area contributed by atoms with E-state index >= 15 is 0 Å². The molecule has 1 atom stereocenters. The summed E-state index contributed by atoms with van der Waals surface area (Å²) >= 11 is 0. The van der Waals surface area contributed by atoms with E-state index in [-0.39, 0.29) is 6.10 Å². The van der Waals surface area contributed by atoms with Gasteiger partial charge in [0.05, 0.1) is 6.10 Å². The van der Waals surface area contributed by atoms with E-state index in [1.807, 2.05) is 6.92 Å². The molecule has 0 amide bonds. The highest BCUT2D eigenvalue weighted by Gasteiger charge is 2.14. The number of fused-ring (bicyclic) bond motifs is 1. The Hall–Kier alpha value is -1.34. The average Bonchev–Trinajstić information content (AvgIpc) is 2.50. The van der Waals surface area contributed by atoms with Crippen LogP contribution in [-0.2, 0) is 6.42 Å². The van der Waals surface area contributed by atoms with Crippen molar-refractivity contribution in [3.05, 3.63) is 47.5 Å². The Kier molecular flexibility index (Phi) is 5.60. The molecular formula is C19H26O. The molecule has 1 heteroatoms. The van der Waals surface area contributed by atoms with Crippen molar-refractivity contribution >= 4 is 10.8 Å². The highest BCUT2D eigenvalue weighted by Crippen LogP contribution is 2.30. The van der Waals surface area contributed by atoms with Crippen molar-refractivity contribution in [3.63, 3.8) is 0 Å². The highest BCUT2D eigenvalue weighted by atomic mass is 16.3. The second-order valence-corrected chi connectivity index (χ2v) is 5.59. The fraction of sp³-hybridized carbons (Fsp3) is 0.474. The van der Waals surface area contributed by atoms with Gasteiger partial charge in [0.1, 0.15) is 0 Å². The SMILES string of the molecule is CCCCCCc1ccc2ccccc2c1C(O)CC. The third kappa shape index (κ3) is 3.40. The lowest BCUT2D eigenvalue weighted by Crippen LogP contribution is -2.02. The molecule has 0 fully saturated rings. The van der Waals surface area contributed by atoms with Crippen LogP contribution < -0.4 is 0 Å². The van der Waals surface area contributed by atoms with Gasteiger partial charge in [0.15, 0.2) is 0 Å². The zero-order valence-electron chi connectivity index (χ0n) is 12.7. The Bertz CT molecular complexity index is 544. The van der Waals surface area contributed by atoms with Gasteiger partial charge in [-0.1, -0.05) is 69.5 Å². The summed E-state index contributed by atoms with van der Waals surface area (Å²) in [5, 5.41) is 12.9. The molecule has 0 radical (unpaired) electrons. The molecule has 0 aliphatic heterocycles. The molecule has 1 N–H and O–H groups in total. The van der Waals surface area contributed by atoms with Crippen molar-refractivity contribution in [1.29, 1.82) is 0 Å². The fourth-order valence-corrected chi connectivity index (χ4v) is 2.90. The zero-order chi connectivity index (χ0) is 14.4. The van der Waals surface area contributed by atoms with Gasteiger partial charge in [0.25, 0.3) is 0 Å². The zero-order valence-corrected chi connectivity index (χ0v) is 12.7. The van der Waals surface area contributed by atoms with E-state index in [0.29, 0.717) is 0 Å². The third-order valence-corrected chi connectivity index (χ3v) is 4.08. The molecule has 0 heterocycles. The van der Waals surface area contributed by atoms with Crippen molar-refractivity contribution in [3.8, 4) is 0 Å². The van der Waals surface area contributed by atoms with Crippen LogP contribution in [0, 0.1) is 0 Å². The van der Waals surface area contributed by atoms with Crippen LogP contribution in [0.25, 0.3) is 10.8 Å². The molecule has 0 saturated heterocycles. The number of aryl methyl sites for hydroxylation is 1. The highest BCUT2D eigenvalue weighted by molar-refractivity contribution is 5.87. The number of hydrogen-bond donors (Lipinski definition) is 1. The molecule has 2 aromatic rings. The molecule has 20 heavy (non-hydrogen) atoms. The van der Waals surface area contributed by atoms with Crippen LogP contribution in [0.15, 0.2) is 36.4 Å². The second-order valence-electron chi connectivity index (χ2n) is 5.59. The van der Waals surface area contributed by atoms with Gasteiger partial charge in [-0.05, 0) is 41.2 Å². The minimum atomic E-state index is -0.345. The quantitative estimate of drug-likeness (QED) is 0.667. The molecular weight excluding hydrogens is 244 g/mol. The minimum absolute atomic E-state index is 0.345. The first-order chi connectivity index (χ1) is 9.77. The summed E-state index contributed by atoms with van der Waals surface area (Å²) in [6.07, 6.45) is 6.58. The van der Waals surface area contributed by atoms with Crippen molar-refractivity contribution in [1.82, 2.24) is 0 Å². The molecule has 0 aliphatic carbocycles. The van der Waals surface area contributed by atoms with E-state index in [2.05, 4.69) is 43.3 Å². The molecule has 0 saturated carbocycles. The first-order valence-electron chi connectivity index (χ1n) is 7.96. The lowest BCUT2D eigenvalue weighted by Gasteiger charge is -2.17. The molecule has 1 unspecified atom stereocenters. The summed E-state index contributed by atoms with van der Waals surface area (Å²) in [4.78, 5) is 0. The average molecular weight is 270 g/mol. The predicted molar refractivity (Wildman–Crippen MR) is 87.0 cm³/mol. The van der Waals surface area contributed by atoms with Gasteiger partial charge in [-0.2, -0.15) is 0 Å².